The minimum atomic E-state index is -0.00895. The van der Waals surface area contributed by atoms with Crippen molar-refractivity contribution in [2.75, 3.05) is 10.6 Å². The first-order chi connectivity index (χ1) is 20.5. The molecule has 0 fully saturated rings. The monoisotopic (exact) mass is 612 g/mol. The maximum absolute atomic E-state index is 13.0. The molecule has 6 heteroatoms. The molecule has 0 aliphatic carbocycles. The number of carbonyl (C=O) groups excluding carboxylic acids is 2. The van der Waals surface area contributed by atoms with Crippen molar-refractivity contribution in [3.05, 3.63) is 48.5 Å². The first-order valence-electron chi connectivity index (χ1n) is 16.6. The SMILES string of the molecule is CCCCCCCCCC(C)C(=O)Nc1ccccc1SSc1ccccc1NC(=O)C(C)CCCCCCCCC. The molecular formula is C36H56N2O2S2. The first-order valence-corrected chi connectivity index (χ1v) is 18.8. The number of para-hydroxylation sites is 2. The second kappa shape index (κ2) is 22.6. The smallest absolute Gasteiger partial charge is 0.227 e. The number of anilines is 2. The predicted octanol–water partition coefficient (Wildman–Crippen LogP) is 11.9. The molecule has 2 aromatic carbocycles. The number of amides is 2. The van der Waals surface area contributed by atoms with Crippen LogP contribution in [0.2, 0.25) is 0 Å². The Balaban J connectivity index is 1.83. The number of hydrogen-bond acceptors (Lipinski definition) is 4. The highest BCUT2D eigenvalue weighted by Gasteiger charge is 2.17. The maximum Gasteiger partial charge on any atom is 0.227 e. The second-order valence-electron chi connectivity index (χ2n) is 11.8. The minimum Gasteiger partial charge on any atom is -0.325 e. The largest absolute Gasteiger partial charge is 0.325 e. The number of carbonyl (C=O) groups is 2. The van der Waals surface area contributed by atoms with Crippen LogP contribution in [0.15, 0.2) is 58.3 Å². The molecular weight excluding hydrogens is 557 g/mol. The fourth-order valence-corrected chi connectivity index (χ4v) is 7.24. The van der Waals surface area contributed by atoms with Crippen molar-refractivity contribution in [3.63, 3.8) is 0 Å². The van der Waals surface area contributed by atoms with Crippen LogP contribution in [-0.4, -0.2) is 11.8 Å². The van der Waals surface area contributed by atoms with E-state index >= 15 is 0 Å². The molecule has 0 heterocycles. The molecule has 2 N–H and O–H groups in total. The van der Waals surface area contributed by atoms with Gasteiger partial charge in [0, 0.05) is 21.6 Å². The molecule has 234 valence electrons. The van der Waals surface area contributed by atoms with E-state index in [9.17, 15) is 9.59 Å². The quantitative estimate of drug-likeness (QED) is 0.0968. The Labute approximate surface area is 264 Å². The average molecular weight is 613 g/mol. The summed E-state index contributed by atoms with van der Waals surface area (Å²) < 4.78 is 0. The van der Waals surface area contributed by atoms with Crippen LogP contribution in [0, 0.1) is 11.8 Å². The first kappa shape index (κ1) is 36.3. The molecule has 2 unspecified atom stereocenters. The van der Waals surface area contributed by atoms with Gasteiger partial charge in [-0.3, -0.25) is 9.59 Å². The average Bonchev–Trinajstić information content (AvgIpc) is 3.00. The Morgan fingerprint density at radius 2 is 0.881 bits per heavy atom. The van der Waals surface area contributed by atoms with Crippen molar-refractivity contribution < 1.29 is 9.59 Å². The number of nitrogens with one attached hydrogen (secondary N) is 2. The van der Waals surface area contributed by atoms with Crippen molar-refractivity contribution in [1.82, 2.24) is 0 Å². The van der Waals surface area contributed by atoms with E-state index < -0.39 is 0 Å². The Morgan fingerprint density at radius 1 is 0.548 bits per heavy atom. The van der Waals surface area contributed by atoms with Gasteiger partial charge < -0.3 is 10.6 Å². The summed E-state index contributed by atoms with van der Waals surface area (Å²) in [5.74, 6) is 0.152. The Kier molecular flexibility index (Phi) is 19.5. The standard InChI is InChI=1S/C36H56N2O2S2/c1-5-7-9-11-13-15-17-23-29(3)35(39)37-31-25-19-21-27-33(31)41-42-34-28-22-20-26-32(34)38-36(40)30(4)24-18-16-14-12-10-8-6-2/h19-22,25-30H,5-18,23-24H2,1-4H3,(H,37,39)(H,38,40). The lowest BCUT2D eigenvalue weighted by molar-refractivity contribution is -0.120. The lowest BCUT2D eigenvalue weighted by atomic mass is 10.0. The van der Waals surface area contributed by atoms with E-state index in [4.69, 9.17) is 0 Å². The summed E-state index contributed by atoms with van der Waals surface area (Å²) in [7, 11) is 3.22. The molecule has 0 spiro atoms. The fourth-order valence-electron chi connectivity index (χ4n) is 4.96. The van der Waals surface area contributed by atoms with E-state index in [-0.39, 0.29) is 23.7 Å². The third-order valence-corrected chi connectivity index (χ3v) is 10.4. The van der Waals surface area contributed by atoms with Crippen molar-refractivity contribution in [2.24, 2.45) is 11.8 Å². The zero-order valence-corrected chi connectivity index (χ0v) is 28.4. The zero-order valence-electron chi connectivity index (χ0n) is 26.7. The number of hydrogen-bond donors (Lipinski definition) is 2. The molecule has 0 radical (unpaired) electrons. The van der Waals surface area contributed by atoms with Gasteiger partial charge in [0.2, 0.25) is 11.8 Å². The lowest BCUT2D eigenvalue weighted by Crippen LogP contribution is -2.20. The molecule has 0 saturated carbocycles. The highest BCUT2D eigenvalue weighted by atomic mass is 33.1. The Morgan fingerprint density at radius 3 is 1.26 bits per heavy atom. The lowest BCUT2D eigenvalue weighted by Gasteiger charge is -2.16. The highest BCUT2D eigenvalue weighted by molar-refractivity contribution is 8.76. The van der Waals surface area contributed by atoms with Crippen LogP contribution < -0.4 is 10.6 Å². The van der Waals surface area contributed by atoms with Gasteiger partial charge in [0.15, 0.2) is 0 Å². The van der Waals surface area contributed by atoms with Gasteiger partial charge >= 0.3 is 0 Å². The summed E-state index contributed by atoms with van der Waals surface area (Å²) in [6.07, 6.45) is 19.5. The number of rotatable bonds is 23. The van der Waals surface area contributed by atoms with E-state index in [1.807, 2.05) is 62.4 Å². The van der Waals surface area contributed by atoms with Crippen molar-refractivity contribution in [2.45, 2.75) is 140 Å². The van der Waals surface area contributed by atoms with Crippen molar-refractivity contribution in [1.29, 1.82) is 0 Å². The molecule has 0 bridgehead atoms. The van der Waals surface area contributed by atoms with E-state index in [0.717, 1.165) is 46.8 Å². The zero-order chi connectivity index (χ0) is 30.4. The molecule has 2 amide bonds. The van der Waals surface area contributed by atoms with Gasteiger partial charge in [-0.15, -0.1) is 0 Å². The molecule has 4 nitrogen and oxygen atoms in total. The second-order valence-corrected chi connectivity index (χ2v) is 14.0. The summed E-state index contributed by atoms with van der Waals surface area (Å²) in [6.45, 7) is 8.55. The van der Waals surface area contributed by atoms with Crippen LogP contribution >= 0.6 is 21.6 Å². The van der Waals surface area contributed by atoms with Crippen LogP contribution in [0.1, 0.15) is 130 Å². The van der Waals surface area contributed by atoms with E-state index in [0.29, 0.717) is 0 Å². The van der Waals surface area contributed by atoms with Crippen LogP contribution in [0.3, 0.4) is 0 Å². The van der Waals surface area contributed by atoms with Crippen molar-refractivity contribution >= 4 is 44.8 Å². The predicted molar refractivity (Wildman–Crippen MR) is 185 cm³/mol. The third-order valence-electron chi connectivity index (χ3n) is 7.89. The van der Waals surface area contributed by atoms with E-state index in [1.165, 1.54) is 77.0 Å². The molecule has 0 aliphatic rings. The summed E-state index contributed by atoms with van der Waals surface area (Å²) in [5, 5.41) is 6.35. The van der Waals surface area contributed by atoms with Crippen molar-refractivity contribution in [3.8, 4) is 0 Å². The van der Waals surface area contributed by atoms with Crippen LogP contribution in [0.25, 0.3) is 0 Å². The van der Waals surface area contributed by atoms with Gasteiger partial charge in [-0.2, -0.15) is 0 Å². The van der Waals surface area contributed by atoms with E-state index in [2.05, 4.69) is 24.5 Å². The number of benzene rings is 2. The summed E-state index contributed by atoms with van der Waals surface area (Å²) in [6, 6.07) is 16.0. The van der Waals surface area contributed by atoms with E-state index in [1.54, 1.807) is 21.6 Å². The van der Waals surface area contributed by atoms with Crippen LogP contribution in [0.4, 0.5) is 11.4 Å². The molecule has 0 saturated heterocycles. The molecule has 0 aromatic heterocycles. The highest BCUT2D eigenvalue weighted by Crippen LogP contribution is 2.43. The summed E-state index contributed by atoms with van der Waals surface area (Å²) >= 11 is 0. The topological polar surface area (TPSA) is 58.2 Å². The fraction of sp³-hybridized carbons (Fsp3) is 0.611. The Bertz CT molecular complexity index is 947. The molecule has 2 atom stereocenters. The van der Waals surface area contributed by atoms with Crippen LogP contribution in [-0.2, 0) is 9.59 Å². The third kappa shape index (κ3) is 15.0. The van der Waals surface area contributed by atoms with Gasteiger partial charge in [0.25, 0.3) is 0 Å². The molecule has 42 heavy (non-hydrogen) atoms. The molecule has 2 aromatic rings. The van der Waals surface area contributed by atoms with Gasteiger partial charge in [-0.05, 0) is 37.1 Å². The van der Waals surface area contributed by atoms with Crippen LogP contribution in [0.5, 0.6) is 0 Å². The van der Waals surface area contributed by atoms with Gasteiger partial charge in [-0.25, -0.2) is 0 Å². The molecule has 0 aliphatic heterocycles. The number of unbranched alkanes of at least 4 members (excludes halogenated alkanes) is 12. The minimum absolute atomic E-state index is 0.00895. The normalized spacial score (nSPS) is 12.6. The maximum atomic E-state index is 13.0. The molecule has 2 rings (SSSR count). The summed E-state index contributed by atoms with van der Waals surface area (Å²) in [5.41, 5.74) is 1.69. The van der Waals surface area contributed by atoms with Gasteiger partial charge in [-0.1, -0.05) is 163 Å². The Hall–Kier alpha value is -1.92. The van der Waals surface area contributed by atoms with Gasteiger partial charge in [0.05, 0.1) is 11.4 Å². The summed E-state index contributed by atoms with van der Waals surface area (Å²) in [4.78, 5) is 27.9. The van der Waals surface area contributed by atoms with Gasteiger partial charge in [0.1, 0.15) is 0 Å².